The standard InChI is InChI=1S/C19H19F3N4O3/c20-19(21,22)14-3-1-2-4-15(14)24-17(28)12-25-7-9-26(10-8-25)18(29)13-5-6-16(27)23-11-13/h1-6,11H,7-10,12H2,(H,23,27)(H,24,28). The van der Waals surface area contributed by atoms with Crippen molar-refractivity contribution in [1.29, 1.82) is 0 Å². The number of pyridine rings is 1. The largest absolute Gasteiger partial charge is 0.418 e. The fourth-order valence-corrected chi connectivity index (χ4v) is 3.07. The van der Waals surface area contributed by atoms with Gasteiger partial charge in [-0.3, -0.25) is 19.3 Å². The van der Waals surface area contributed by atoms with E-state index in [2.05, 4.69) is 10.3 Å². The molecule has 0 saturated carbocycles. The van der Waals surface area contributed by atoms with Crippen LogP contribution in [-0.2, 0) is 11.0 Å². The number of nitrogens with zero attached hydrogens (tertiary/aromatic N) is 2. The van der Waals surface area contributed by atoms with E-state index >= 15 is 0 Å². The van der Waals surface area contributed by atoms with E-state index in [1.54, 1.807) is 9.80 Å². The lowest BCUT2D eigenvalue weighted by Crippen LogP contribution is -2.50. The van der Waals surface area contributed by atoms with Gasteiger partial charge in [0.15, 0.2) is 0 Å². The van der Waals surface area contributed by atoms with E-state index in [1.807, 2.05) is 0 Å². The molecule has 10 heteroatoms. The minimum atomic E-state index is -4.56. The summed E-state index contributed by atoms with van der Waals surface area (Å²) in [5, 5.41) is 2.31. The summed E-state index contributed by atoms with van der Waals surface area (Å²) in [6, 6.07) is 7.52. The van der Waals surface area contributed by atoms with Crippen molar-refractivity contribution in [2.45, 2.75) is 6.18 Å². The number of halogens is 3. The van der Waals surface area contributed by atoms with Gasteiger partial charge in [0.1, 0.15) is 0 Å². The first-order valence-electron chi connectivity index (χ1n) is 8.90. The van der Waals surface area contributed by atoms with Crippen LogP contribution in [0.25, 0.3) is 0 Å². The van der Waals surface area contributed by atoms with E-state index in [1.165, 1.54) is 36.5 Å². The Kier molecular flexibility index (Phi) is 6.02. The topological polar surface area (TPSA) is 85.5 Å². The maximum atomic E-state index is 13.0. The SMILES string of the molecule is O=C(CN1CCN(C(=O)c2ccc(=O)[nH]c2)CC1)Nc1ccccc1C(F)(F)F. The number of aromatic amines is 1. The first kappa shape index (κ1) is 20.6. The Morgan fingerprint density at radius 2 is 1.72 bits per heavy atom. The molecule has 0 aliphatic carbocycles. The Morgan fingerprint density at radius 1 is 1.03 bits per heavy atom. The summed E-state index contributed by atoms with van der Waals surface area (Å²) in [5.41, 5.74) is -1.12. The average molecular weight is 408 g/mol. The second-order valence-corrected chi connectivity index (χ2v) is 6.60. The van der Waals surface area contributed by atoms with Gasteiger partial charge in [-0.2, -0.15) is 13.2 Å². The van der Waals surface area contributed by atoms with Gasteiger partial charge in [-0.25, -0.2) is 0 Å². The third-order valence-corrected chi connectivity index (χ3v) is 4.56. The number of carbonyl (C=O) groups excluding carboxylic acids is 2. The van der Waals surface area contributed by atoms with E-state index in [0.717, 1.165) is 6.07 Å². The summed E-state index contributed by atoms with van der Waals surface area (Å²) in [6.07, 6.45) is -3.21. The van der Waals surface area contributed by atoms with E-state index in [0.29, 0.717) is 31.7 Å². The summed E-state index contributed by atoms with van der Waals surface area (Å²) in [5.74, 6) is -0.786. The molecule has 0 atom stereocenters. The lowest BCUT2D eigenvalue weighted by atomic mass is 10.1. The van der Waals surface area contributed by atoms with Crippen LogP contribution in [0, 0.1) is 0 Å². The van der Waals surface area contributed by atoms with E-state index in [4.69, 9.17) is 0 Å². The molecule has 1 aliphatic heterocycles. The summed E-state index contributed by atoms with van der Waals surface area (Å²) in [7, 11) is 0. The van der Waals surface area contributed by atoms with Crippen LogP contribution < -0.4 is 10.9 Å². The number of rotatable bonds is 4. The second kappa shape index (κ2) is 8.48. The number of benzene rings is 1. The van der Waals surface area contributed by atoms with Gasteiger partial charge < -0.3 is 15.2 Å². The van der Waals surface area contributed by atoms with Crippen molar-refractivity contribution >= 4 is 17.5 Å². The molecule has 2 heterocycles. The number of amides is 2. The summed E-state index contributed by atoms with van der Waals surface area (Å²) in [6.45, 7) is 1.47. The molecule has 1 fully saturated rings. The number of carbonyl (C=O) groups is 2. The molecular formula is C19H19F3N4O3. The van der Waals surface area contributed by atoms with Crippen molar-refractivity contribution in [2.75, 3.05) is 38.0 Å². The van der Waals surface area contributed by atoms with Crippen LogP contribution in [0.5, 0.6) is 0 Å². The number of anilines is 1. The quantitative estimate of drug-likeness (QED) is 0.808. The zero-order valence-corrected chi connectivity index (χ0v) is 15.3. The molecule has 1 aromatic carbocycles. The Bertz CT molecular complexity index is 930. The predicted octanol–water partition coefficient (Wildman–Crippen LogP) is 1.79. The maximum Gasteiger partial charge on any atom is 0.418 e. The Morgan fingerprint density at radius 3 is 2.34 bits per heavy atom. The number of para-hydroxylation sites is 1. The van der Waals surface area contributed by atoms with Gasteiger partial charge in [-0.1, -0.05) is 12.1 Å². The molecule has 1 saturated heterocycles. The third kappa shape index (κ3) is 5.23. The number of hydrogen-bond acceptors (Lipinski definition) is 4. The molecule has 2 amide bonds. The molecule has 29 heavy (non-hydrogen) atoms. The number of H-pyrrole nitrogens is 1. The van der Waals surface area contributed by atoms with Crippen molar-refractivity contribution < 1.29 is 22.8 Å². The second-order valence-electron chi connectivity index (χ2n) is 6.60. The summed E-state index contributed by atoms with van der Waals surface area (Å²) < 4.78 is 39.1. The molecule has 2 aromatic rings. The molecule has 0 radical (unpaired) electrons. The highest BCUT2D eigenvalue weighted by Gasteiger charge is 2.33. The highest BCUT2D eigenvalue weighted by Crippen LogP contribution is 2.34. The number of alkyl halides is 3. The zero-order valence-electron chi connectivity index (χ0n) is 15.3. The maximum absolute atomic E-state index is 13.0. The lowest BCUT2D eigenvalue weighted by Gasteiger charge is -2.34. The minimum Gasteiger partial charge on any atom is -0.336 e. The third-order valence-electron chi connectivity index (χ3n) is 4.56. The minimum absolute atomic E-state index is 0.0765. The van der Waals surface area contributed by atoms with Gasteiger partial charge in [0.05, 0.1) is 23.4 Å². The van der Waals surface area contributed by atoms with Crippen molar-refractivity contribution in [3.63, 3.8) is 0 Å². The molecule has 7 nitrogen and oxygen atoms in total. The fraction of sp³-hybridized carbons (Fsp3) is 0.316. The number of hydrogen-bond donors (Lipinski definition) is 2. The van der Waals surface area contributed by atoms with E-state index in [9.17, 15) is 27.6 Å². The van der Waals surface area contributed by atoms with Crippen LogP contribution in [0.4, 0.5) is 18.9 Å². The highest BCUT2D eigenvalue weighted by molar-refractivity contribution is 5.94. The van der Waals surface area contributed by atoms with Crippen LogP contribution in [0.2, 0.25) is 0 Å². The Hall–Kier alpha value is -3.14. The molecule has 3 rings (SSSR count). The molecule has 0 spiro atoms. The molecule has 2 N–H and O–H groups in total. The Labute approximate surface area is 164 Å². The molecule has 154 valence electrons. The molecule has 0 bridgehead atoms. The number of nitrogens with one attached hydrogen (secondary N) is 2. The smallest absolute Gasteiger partial charge is 0.336 e. The highest BCUT2D eigenvalue weighted by atomic mass is 19.4. The molecular weight excluding hydrogens is 389 g/mol. The monoisotopic (exact) mass is 408 g/mol. The van der Waals surface area contributed by atoms with Gasteiger partial charge in [-0.05, 0) is 18.2 Å². The van der Waals surface area contributed by atoms with Gasteiger partial charge in [0.25, 0.3) is 5.91 Å². The van der Waals surface area contributed by atoms with Crippen molar-refractivity contribution in [3.8, 4) is 0 Å². The van der Waals surface area contributed by atoms with Gasteiger partial charge >= 0.3 is 6.18 Å². The molecule has 1 aliphatic rings. The summed E-state index contributed by atoms with van der Waals surface area (Å²) in [4.78, 5) is 41.5. The average Bonchev–Trinajstić information content (AvgIpc) is 2.68. The number of aromatic nitrogens is 1. The van der Waals surface area contributed by atoms with Crippen molar-refractivity contribution in [1.82, 2.24) is 14.8 Å². The first-order chi connectivity index (χ1) is 13.7. The van der Waals surface area contributed by atoms with E-state index in [-0.39, 0.29) is 23.7 Å². The van der Waals surface area contributed by atoms with E-state index < -0.39 is 17.6 Å². The van der Waals surface area contributed by atoms with Crippen LogP contribution in [0.3, 0.4) is 0 Å². The zero-order chi connectivity index (χ0) is 21.0. The van der Waals surface area contributed by atoms with Gasteiger partial charge in [-0.15, -0.1) is 0 Å². The van der Waals surface area contributed by atoms with Crippen molar-refractivity contribution in [3.05, 3.63) is 64.1 Å². The first-order valence-corrected chi connectivity index (χ1v) is 8.90. The number of piperazine rings is 1. The lowest BCUT2D eigenvalue weighted by molar-refractivity contribution is -0.137. The van der Waals surface area contributed by atoms with Gasteiger partial charge in [0.2, 0.25) is 11.5 Å². The molecule has 1 aromatic heterocycles. The van der Waals surface area contributed by atoms with Crippen LogP contribution in [0.1, 0.15) is 15.9 Å². The van der Waals surface area contributed by atoms with Crippen LogP contribution in [0.15, 0.2) is 47.4 Å². The predicted molar refractivity (Wildman–Crippen MR) is 99.5 cm³/mol. The normalized spacial score (nSPS) is 15.2. The summed E-state index contributed by atoms with van der Waals surface area (Å²) >= 11 is 0. The van der Waals surface area contributed by atoms with Crippen LogP contribution in [-0.4, -0.2) is 59.3 Å². The Balaban J connectivity index is 1.53. The molecule has 0 unspecified atom stereocenters. The van der Waals surface area contributed by atoms with Gasteiger partial charge in [0, 0.05) is 38.4 Å². The fourth-order valence-electron chi connectivity index (χ4n) is 3.07. The van der Waals surface area contributed by atoms with Crippen LogP contribution >= 0.6 is 0 Å². The van der Waals surface area contributed by atoms with Crippen molar-refractivity contribution in [2.24, 2.45) is 0 Å².